The third kappa shape index (κ3) is 4.10. The fraction of sp³-hybridized carbons (Fsp3) is 0. The molecule has 0 aliphatic heterocycles. The minimum Gasteiger partial charge on any atom is -0.399 e. The summed E-state index contributed by atoms with van der Waals surface area (Å²) >= 11 is 0. The average molecular weight is 359 g/mol. The molecule has 0 unspecified atom stereocenters. The Kier molecular flexibility index (Phi) is 4.47. The molecule has 0 heterocycles. The van der Waals surface area contributed by atoms with Crippen molar-refractivity contribution in [3.63, 3.8) is 0 Å². The minimum atomic E-state index is -4.33. The van der Waals surface area contributed by atoms with Gasteiger partial charge >= 0.3 is 10.1 Å². The van der Waals surface area contributed by atoms with E-state index in [9.17, 15) is 16.8 Å². The minimum absolute atomic E-state index is 0.0391. The maximum atomic E-state index is 12.0. The Morgan fingerprint density at radius 2 is 1.57 bits per heavy atom. The van der Waals surface area contributed by atoms with Crippen LogP contribution in [0.5, 0.6) is 0 Å². The van der Waals surface area contributed by atoms with Gasteiger partial charge in [0, 0.05) is 5.69 Å². The number of nitrogens with two attached hydrogens (primary N) is 2. The first kappa shape index (κ1) is 17.0. The Hall–Kier alpha value is -2.34. The quantitative estimate of drug-likeness (QED) is 0.344. The largest absolute Gasteiger partial charge is 0.399 e. The van der Waals surface area contributed by atoms with Gasteiger partial charge in [-0.25, -0.2) is 5.48 Å². The Morgan fingerprint density at radius 1 is 0.957 bits per heavy atom. The molecule has 6 N–H and O–H groups in total. The first-order valence-corrected chi connectivity index (χ1v) is 8.86. The first-order valence-electron chi connectivity index (χ1n) is 6.02. The van der Waals surface area contributed by atoms with Crippen LogP contribution in [0.25, 0.3) is 0 Å². The maximum absolute atomic E-state index is 12.0. The van der Waals surface area contributed by atoms with Crippen molar-refractivity contribution in [3.05, 3.63) is 42.5 Å². The molecule has 0 amide bonds. The number of nitrogens with one attached hydrogen (secondary N) is 1. The summed E-state index contributed by atoms with van der Waals surface area (Å²) < 4.78 is 59.4. The van der Waals surface area contributed by atoms with Crippen molar-refractivity contribution in [2.45, 2.75) is 9.79 Å². The van der Waals surface area contributed by atoms with E-state index < -0.39 is 20.2 Å². The molecule has 0 fully saturated rings. The van der Waals surface area contributed by atoms with E-state index in [2.05, 4.69) is 9.76 Å². The van der Waals surface area contributed by atoms with Gasteiger partial charge in [-0.3, -0.25) is 4.55 Å². The predicted octanol–water partition coefficient (Wildman–Crippen LogP) is 0.830. The van der Waals surface area contributed by atoms with Crippen LogP contribution in [0.2, 0.25) is 0 Å². The molecule has 23 heavy (non-hydrogen) atoms. The third-order valence-corrected chi connectivity index (χ3v) is 4.79. The van der Waals surface area contributed by atoms with Crippen molar-refractivity contribution in [2.24, 2.45) is 0 Å². The van der Waals surface area contributed by atoms with Crippen molar-refractivity contribution >= 4 is 37.3 Å². The van der Waals surface area contributed by atoms with Gasteiger partial charge in [0.05, 0.1) is 16.3 Å². The van der Waals surface area contributed by atoms with Gasteiger partial charge in [0.25, 0.3) is 10.1 Å². The van der Waals surface area contributed by atoms with Crippen molar-refractivity contribution in [2.75, 3.05) is 16.9 Å². The molecule has 0 spiro atoms. The monoisotopic (exact) mass is 359 g/mol. The van der Waals surface area contributed by atoms with Gasteiger partial charge in [-0.2, -0.15) is 16.8 Å². The summed E-state index contributed by atoms with van der Waals surface area (Å²) in [6.45, 7) is 0. The van der Waals surface area contributed by atoms with Crippen LogP contribution in [-0.4, -0.2) is 21.4 Å². The second kappa shape index (κ2) is 6.04. The third-order valence-electron chi connectivity index (χ3n) is 2.73. The number of rotatable bonds is 5. The van der Waals surface area contributed by atoms with E-state index in [4.69, 9.17) is 16.0 Å². The summed E-state index contributed by atoms with van der Waals surface area (Å²) in [6, 6.07) is 8.48. The Morgan fingerprint density at radius 3 is 2.13 bits per heavy atom. The lowest BCUT2D eigenvalue weighted by Crippen LogP contribution is -2.14. The molecular formula is C12H13N3O6S2. The van der Waals surface area contributed by atoms with Crippen molar-refractivity contribution < 1.29 is 25.7 Å². The van der Waals surface area contributed by atoms with Gasteiger partial charge in [-0.1, -0.05) is 0 Å². The van der Waals surface area contributed by atoms with E-state index in [-0.39, 0.29) is 26.9 Å². The molecule has 0 aliphatic rings. The van der Waals surface area contributed by atoms with Crippen molar-refractivity contribution in [1.29, 1.82) is 0 Å². The molecule has 2 rings (SSSR count). The molecule has 0 saturated heterocycles. The molecule has 2 aromatic carbocycles. The van der Waals surface area contributed by atoms with Crippen LogP contribution < -0.4 is 16.9 Å². The molecule has 0 bridgehead atoms. The number of anilines is 3. The lowest BCUT2D eigenvalue weighted by atomic mass is 10.3. The molecule has 11 heteroatoms. The molecular weight excluding hydrogens is 346 g/mol. The summed E-state index contributed by atoms with van der Waals surface area (Å²) in [5.74, 6) is 0. The SMILES string of the molecule is Nc1ccc(N)c(S(=O)(=O)ONc2ccc(S(=O)(=O)O)cc2)c1. The maximum Gasteiger partial charge on any atom is 0.319 e. The van der Waals surface area contributed by atoms with E-state index in [1.54, 1.807) is 0 Å². The normalized spacial score (nSPS) is 12.0. The van der Waals surface area contributed by atoms with E-state index >= 15 is 0 Å². The highest BCUT2D eigenvalue weighted by atomic mass is 32.2. The molecule has 124 valence electrons. The van der Waals surface area contributed by atoms with Crippen LogP contribution in [0.15, 0.2) is 52.3 Å². The Labute approximate surface area is 132 Å². The van der Waals surface area contributed by atoms with E-state index in [0.29, 0.717) is 0 Å². The van der Waals surface area contributed by atoms with Crippen LogP contribution in [-0.2, 0) is 24.5 Å². The van der Waals surface area contributed by atoms with Crippen LogP contribution in [0.4, 0.5) is 17.1 Å². The lowest BCUT2D eigenvalue weighted by molar-refractivity contribution is 0.391. The number of hydrogen-bond acceptors (Lipinski definition) is 8. The summed E-state index contributed by atoms with van der Waals surface area (Å²) in [6.07, 6.45) is 0. The van der Waals surface area contributed by atoms with Crippen LogP contribution in [0.3, 0.4) is 0 Å². The lowest BCUT2D eigenvalue weighted by Gasteiger charge is -2.10. The second-order valence-corrected chi connectivity index (χ2v) is 7.37. The van der Waals surface area contributed by atoms with Gasteiger partial charge in [0.2, 0.25) is 0 Å². The number of nitrogen functional groups attached to an aromatic ring is 2. The molecule has 0 saturated carbocycles. The predicted molar refractivity (Wildman–Crippen MR) is 83.4 cm³/mol. The topological polar surface area (TPSA) is 162 Å². The number of benzene rings is 2. The van der Waals surface area contributed by atoms with E-state index in [1.807, 2.05) is 0 Å². The molecule has 0 aliphatic carbocycles. The summed E-state index contributed by atoms with van der Waals surface area (Å²) in [5, 5.41) is 0. The van der Waals surface area contributed by atoms with Crippen molar-refractivity contribution in [3.8, 4) is 0 Å². The smallest absolute Gasteiger partial charge is 0.319 e. The zero-order chi connectivity index (χ0) is 17.3. The summed E-state index contributed by atoms with van der Waals surface area (Å²) in [4.78, 5) is -0.648. The van der Waals surface area contributed by atoms with Crippen LogP contribution in [0, 0.1) is 0 Å². The molecule has 0 atom stereocenters. The highest BCUT2D eigenvalue weighted by Crippen LogP contribution is 2.23. The van der Waals surface area contributed by atoms with E-state index in [0.717, 1.165) is 18.2 Å². The first-order chi connectivity index (χ1) is 10.6. The van der Waals surface area contributed by atoms with Gasteiger partial charge < -0.3 is 11.5 Å². The fourth-order valence-electron chi connectivity index (χ4n) is 1.61. The van der Waals surface area contributed by atoms with E-state index in [1.165, 1.54) is 24.3 Å². The average Bonchev–Trinajstić information content (AvgIpc) is 2.47. The van der Waals surface area contributed by atoms with Crippen molar-refractivity contribution in [1.82, 2.24) is 0 Å². The van der Waals surface area contributed by atoms with Gasteiger partial charge in [0.15, 0.2) is 0 Å². The Balaban J connectivity index is 2.18. The summed E-state index contributed by atoms with van der Waals surface area (Å²) in [5.41, 5.74) is 13.5. The molecule has 0 radical (unpaired) electrons. The molecule has 9 nitrogen and oxygen atoms in total. The molecule has 0 aromatic heterocycles. The highest BCUT2D eigenvalue weighted by molar-refractivity contribution is 7.87. The summed E-state index contributed by atoms with van der Waals surface area (Å²) in [7, 11) is -8.57. The van der Waals surface area contributed by atoms with Crippen LogP contribution >= 0.6 is 0 Å². The van der Waals surface area contributed by atoms with Gasteiger partial charge in [0.1, 0.15) is 4.90 Å². The Bertz CT molecular complexity index is 924. The standard InChI is InChI=1S/C12H13N3O6S2/c13-8-1-6-11(14)12(7-8)23(19,20)21-15-9-2-4-10(5-3-9)22(16,17)18/h1-7,15H,13-14H2,(H,16,17,18). The highest BCUT2D eigenvalue weighted by Gasteiger charge is 2.20. The van der Waals surface area contributed by atoms with Gasteiger partial charge in [-0.15, -0.1) is 4.28 Å². The molecule has 2 aromatic rings. The second-order valence-electron chi connectivity index (χ2n) is 4.44. The zero-order valence-electron chi connectivity index (χ0n) is 11.5. The number of hydrogen-bond donors (Lipinski definition) is 4. The zero-order valence-corrected chi connectivity index (χ0v) is 13.1. The van der Waals surface area contributed by atoms with Gasteiger partial charge in [-0.05, 0) is 42.5 Å². The fourth-order valence-corrected chi connectivity index (χ4v) is 3.02. The van der Waals surface area contributed by atoms with Crippen LogP contribution in [0.1, 0.15) is 0 Å².